The van der Waals surface area contributed by atoms with Crippen molar-refractivity contribution in [2.45, 2.75) is 0 Å². The van der Waals surface area contributed by atoms with Crippen LogP contribution in [0.2, 0.25) is 5.02 Å². The van der Waals surface area contributed by atoms with Crippen LogP contribution in [0.25, 0.3) is 0 Å². The van der Waals surface area contributed by atoms with E-state index < -0.39 is 0 Å². The molecule has 6 heteroatoms. The number of rotatable bonds is 7. The van der Waals surface area contributed by atoms with Crippen LogP contribution < -0.4 is 15.0 Å². The van der Waals surface area contributed by atoms with Crippen molar-refractivity contribution in [1.29, 1.82) is 0 Å². The molecule has 1 aliphatic heterocycles. The van der Waals surface area contributed by atoms with Crippen molar-refractivity contribution in [2.75, 3.05) is 50.8 Å². The SMILES string of the molecule is O=C(CN1CCN(c2cccc(Cl)c2)CC1)NCCOc1ccccc1. The van der Waals surface area contributed by atoms with E-state index in [4.69, 9.17) is 16.3 Å². The number of piperazine rings is 1. The second kappa shape index (κ2) is 9.46. The molecule has 0 bridgehead atoms. The van der Waals surface area contributed by atoms with Gasteiger partial charge in [0.05, 0.1) is 13.1 Å². The zero-order valence-electron chi connectivity index (χ0n) is 14.7. The molecule has 0 aromatic heterocycles. The molecule has 1 N–H and O–H groups in total. The molecular formula is C20H24ClN3O2. The molecule has 1 aliphatic rings. The lowest BCUT2D eigenvalue weighted by atomic mass is 10.2. The number of nitrogens with zero attached hydrogens (tertiary/aromatic N) is 2. The summed E-state index contributed by atoms with van der Waals surface area (Å²) in [5.41, 5.74) is 1.14. The van der Waals surface area contributed by atoms with Gasteiger partial charge in [-0.25, -0.2) is 0 Å². The Morgan fingerprint density at radius 3 is 2.54 bits per heavy atom. The fourth-order valence-electron chi connectivity index (χ4n) is 2.97. The number of hydrogen-bond donors (Lipinski definition) is 1. The maximum Gasteiger partial charge on any atom is 0.234 e. The molecule has 1 saturated heterocycles. The third-order valence-corrected chi connectivity index (χ3v) is 4.58. The predicted octanol–water partition coefficient (Wildman–Crippen LogP) is 2.66. The van der Waals surface area contributed by atoms with Crippen molar-refractivity contribution in [3.63, 3.8) is 0 Å². The fraction of sp³-hybridized carbons (Fsp3) is 0.350. The molecule has 0 spiro atoms. The number of nitrogens with one attached hydrogen (secondary N) is 1. The van der Waals surface area contributed by atoms with Crippen molar-refractivity contribution in [3.05, 3.63) is 59.6 Å². The van der Waals surface area contributed by atoms with Gasteiger partial charge in [0.2, 0.25) is 5.91 Å². The summed E-state index contributed by atoms with van der Waals surface area (Å²) in [4.78, 5) is 16.6. The topological polar surface area (TPSA) is 44.8 Å². The van der Waals surface area contributed by atoms with Gasteiger partial charge in [0, 0.05) is 36.9 Å². The van der Waals surface area contributed by atoms with E-state index in [1.165, 1.54) is 0 Å². The van der Waals surface area contributed by atoms with E-state index in [9.17, 15) is 4.79 Å². The van der Waals surface area contributed by atoms with E-state index in [1.54, 1.807) is 0 Å². The van der Waals surface area contributed by atoms with Crippen molar-refractivity contribution in [3.8, 4) is 5.75 Å². The van der Waals surface area contributed by atoms with Crippen molar-refractivity contribution >= 4 is 23.2 Å². The Balaban J connectivity index is 1.33. The molecule has 1 amide bonds. The number of halogens is 1. The number of amides is 1. The lowest BCUT2D eigenvalue weighted by Gasteiger charge is -2.35. The molecule has 5 nitrogen and oxygen atoms in total. The van der Waals surface area contributed by atoms with E-state index in [-0.39, 0.29) is 5.91 Å². The van der Waals surface area contributed by atoms with Gasteiger partial charge in [-0.3, -0.25) is 9.69 Å². The number of para-hydroxylation sites is 1. The second-order valence-electron chi connectivity index (χ2n) is 6.25. The number of ether oxygens (including phenoxy) is 1. The van der Waals surface area contributed by atoms with Gasteiger partial charge >= 0.3 is 0 Å². The summed E-state index contributed by atoms with van der Waals surface area (Å²) in [7, 11) is 0. The van der Waals surface area contributed by atoms with Gasteiger partial charge in [-0.1, -0.05) is 35.9 Å². The molecule has 0 atom stereocenters. The summed E-state index contributed by atoms with van der Waals surface area (Å²) in [6, 6.07) is 17.5. The molecule has 0 radical (unpaired) electrons. The second-order valence-corrected chi connectivity index (χ2v) is 6.69. The van der Waals surface area contributed by atoms with Crippen LogP contribution in [0.3, 0.4) is 0 Å². The maximum absolute atomic E-state index is 12.1. The summed E-state index contributed by atoms with van der Waals surface area (Å²) in [5, 5.41) is 3.67. The minimum absolute atomic E-state index is 0.0397. The van der Waals surface area contributed by atoms with Crippen molar-refractivity contribution in [2.24, 2.45) is 0 Å². The molecule has 2 aromatic rings. The molecule has 0 aliphatic carbocycles. The van der Waals surface area contributed by atoms with Crippen LogP contribution in [0, 0.1) is 0 Å². The van der Waals surface area contributed by atoms with Crippen LogP contribution in [0.5, 0.6) is 5.75 Å². The highest BCUT2D eigenvalue weighted by Crippen LogP contribution is 2.20. The predicted molar refractivity (Wildman–Crippen MR) is 105 cm³/mol. The highest BCUT2D eigenvalue weighted by atomic mass is 35.5. The smallest absolute Gasteiger partial charge is 0.234 e. The maximum atomic E-state index is 12.1. The Morgan fingerprint density at radius 1 is 1.04 bits per heavy atom. The molecule has 0 unspecified atom stereocenters. The summed E-state index contributed by atoms with van der Waals surface area (Å²) in [6.07, 6.45) is 0. The first-order chi connectivity index (χ1) is 12.7. The van der Waals surface area contributed by atoms with E-state index in [2.05, 4.69) is 21.2 Å². The molecular weight excluding hydrogens is 350 g/mol. The molecule has 1 fully saturated rings. The average Bonchev–Trinajstić information content (AvgIpc) is 2.67. The highest BCUT2D eigenvalue weighted by molar-refractivity contribution is 6.30. The zero-order valence-corrected chi connectivity index (χ0v) is 15.5. The fourth-order valence-corrected chi connectivity index (χ4v) is 3.16. The molecule has 26 heavy (non-hydrogen) atoms. The third-order valence-electron chi connectivity index (χ3n) is 4.35. The summed E-state index contributed by atoms with van der Waals surface area (Å²) < 4.78 is 5.57. The van der Waals surface area contributed by atoms with Gasteiger partial charge in [0.1, 0.15) is 12.4 Å². The van der Waals surface area contributed by atoms with Gasteiger partial charge < -0.3 is 15.0 Å². The Hall–Kier alpha value is -2.24. The van der Waals surface area contributed by atoms with Crippen molar-refractivity contribution < 1.29 is 9.53 Å². The first-order valence-electron chi connectivity index (χ1n) is 8.88. The largest absolute Gasteiger partial charge is 0.492 e. The highest BCUT2D eigenvalue weighted by Gasteiger charge is 2.19. The molecule has 0 saturated carbocycles. The Kier molecular flexibility index (Phi) is 6.75. The normalized spacial score (nSPS) is 14.9. The minimum Gasteiger partial charge on any atom is -0.492 e. The Labute approximate surface area is 159 Å². The summed E-state index contributed by atoms with van der Waals surface area (Å²) >= 11 is 6.06. The molecule has 1 heterocycles. The van der Waals surface area contributed by atoms with E-state index in [0.717, 1.165) is 42.6 Å². The van der Waals surface area contributed by atoms with Crippen LogP contribution in [-0.4, -0.2) is 56.7 Å². The zero-order chi connectivity index (χ0) is 18.2. The van der Waals surface area contributed by atoms with Crippen LogP contribution >= 0.6 is 11.6 Å². The molecule has 2 aromatic carbocycles. The van der Waals surface area contributed by atoms with Gasteiger partial charge in [0.15, 0.2) is 0 Å². The number of carbonyl (C=O) groups is 1. The number of anilines is 1. The van der Waals surface area contributed by atoms with Crippen LogP contribution in [0.15, 0.2) is 54.6 Å². The van der Waals surface area contributed by atoms with E-state index >= 15 is 0 Å². The Bertz CT molecular complexity index is 703. The van der Waals surface area contributed by atoms with Gasteiger partial charge in [-0.15, -0.1) is 0 Å². The summed E-state index contributed by atoms with van der Waals surface area (Å²) in [6.45, 7) is 4.92. The van der Waals surface area contributed by atoms with Crippen LogP contribution in [0.4, 0.5) is 5.69 Å². The average molecular weight is 374 g/mol. The quantitative estimate of drug-likeness (QED) is 0.758. The van der Waals surface area contributed by atoms with Crippen molar-refractivity contribution in [1.82, 2.24) is 10.2 Å². The lowest BCUT2D eigenvalue weighted by Crippen LogP contribution is -2.49. The van der Waals surface area contributed by atoms with Crippen LogP contribution in [-0.2, 0) is 4.79 Å². The number of hydrogen-bond acceptors (Lipinski definition) is 4. The summed E-state index contributed by atoms with van der Waals surface area (Å²) in [5.74, 6) is 0.858. The van der Waals surface area contributed by atoms with Gasteiger partial charge in [-0.2, -0.15) is 0 Å². The lowest BCUT2D eigenvalue weighted by molar-refractivity contribution is -0.122. The van der Waals surface area contributed by atoms with E-state index in [0.29, 0.717) is 19.7 Å². The monoisotopic (exact) mass is 373 g/mol. The van der Waals surface area contributed by atoms with E-state index in [1.807, 2.05) is 48.5 Å². The third kappa shape index (κ3) is 5.64. The first kappa shape index (κ1) is 18.5. The Morgan fingerprint density at radius 2 is 1.81 bits per heavy atom. The minimum atomic E-state index is 0.0397. The molecule has 3 rings (SSSR count). The van der Waals surface area contributed by atoms with Crippen LogP contribution in [0.1, 0.15) is 0 Å². The van der Waals surface area contributed by atoms with Gasteiger partial charge in [0.25, 0.3) is 0 Å². The van der Waals surface area contributed by atoms with Gasteiger partial charge in [-0.05, 0) is 30.3 Å². The first-order valence-corrected chi connectivity index (χ1v) is 9.26. The number of carbonyl (C=O) groups excluding carboxylic acids is 1. The standard InChI is InChI=1S/C20H24ClN3O2/c21-17-5-4-6-18(15-17)24-12-10-23(11-13-24)16-20(25)22-9-14-26-19-7-2-1-3-8-19/h1-8,15H,9-14,16H2,(H,22,25). The number of benzene rings is 2. The molecule has 138 valence electrons.